The van der Waals surface area contributed by atoms with Crippen molar-refractivity contribution in [3.63, 3.8) is 0 Å². The second-order valence-electron chi connectivity index (χ2n) is 5.11. The summed E-state index contributed by atoms with van der Waals surface area (Å²) in [6.45, 7) is -0.383. The molecule has 0 aliphatic carbocycles. The molecule has 0 aromatic heterocycles. The summed E-state index contributed by atoms with van der Waals surface area (Å²) in [4.78, 5) is -2.76. The van der Waals surface area contributed by atoms with E-state index in [2.05, 4.69) is 4.74 Å². The number of likely N-dealkylation sites (tertiary alicyclic amines) is 1. The van der Waals surface area contributed by atoms with E-state index in [4.69, 9.17) is 0 Å². The van der Waals surface area contributed by atoms with Gasteiger partial charge in [-0.1, -0.05) is 0 Å². The first-order valence-electron chi connectivity index (χ1n) is 6.07. The van der Waals surface area contributed by atoms with Gasteiger partial charge in [-0.2, -0.15) is 43.9 Å². The van der Waals surface area contributed by atoms with Gasteiger partial charge in [-0.05, 0) is 12.8 Å². The fourth-order valence-electron chi connectivity index (χ4n) is 2.35. The Bertz CT molecular complexity index is 447. The Labute approximate surface area is 121 Å². The van der Waals surface area contributed by atoms with Gasteiger partial charge in [-0.15, -0.1) is 4.90 Å². The molecule has 0 saturated carbocycles. The fourth-order valence-corrected chi connectivity index (χ4v) is 2.35. The van der Waals surface area contributed by atoms with Crippen molar-refractivity contribution in [2.75, 3.05) is 6.61 Å². The molecule has 2 unspecified atom stereocenters. The van der Waals surface area contributed by atoms with Gasteiger partial charge in [0.25, 0.3) is 0 Å². The zero-order valence-electron chi connectivity index (χ0n) is 10.8. The number of hydrogen-bond acceptors (Lipinski definition) is 2. The Kier molecular flexibility index (Phi) is 3.89. The van der Waals surface area contributed by atoms with Gasteiger partial charge in [0.1, 0.15) is 6.10 Å². The number of alkyl halides is 11. The summed E-state index contributed by atoms with van der Waals surface area (Å²) in [5.74, 6) is -18.7. The lowest BCUT2D eigenvalue weighted by atomic mass is 10.1. The standard InChI is InChI=1S/C10H8F11NO/c11-5(6(12,13)4-2-1-3-23-4)22-9(18,19)7(14,15)8(16,17)10(22,20)21/h4-5H,1-3H2. The molecule has 0 spiro atoms. The van der Waals surface area contributed by atoms with Crippen molar-refractivity contribution < 1.29 is 53.0 Å². The van der Waals surface area contributed by atoms with Crippen molar-refractivity contribution in [1.82, 2.24) is 4.90 Å². The summed E-state index contributed by atoms with van der Waals surface area (Å²) in [6.07, 6.45) is -8.06. The molecule has 0 aromatic rings. The summed E-state index contributed by atoms with van der Waals surface area (Å²) >= 11 is 0. The third kappa shape index (κ3) is 2.07. The van der Waals surface area contributed by atoms with E-state index < -0.39 is 53.6 Å². The topological polar surface area (TPSA) is 12.5 Å². The molecule has 2 aliphatic heterocycles. The molecule has 13 heteroatoms. The van der Waals surface area contributed by atoms with Crippen molar-refractivity contribution >= 4 is 0 Å². The zero-order valence-corrected chi connectivity index (χ0v) is 10.8. The van der Waals surface area contributed by atoms with Crippen LogP contribution in [0.1, 0.15) is 12.8 Å². The summed E-state index contributed by atoms with van der Waals surface area (Å²) in [7, 11) is 0. The SMILES string of the molecule is FC(N1C(F)(F)C(F)(F)C(F)(F)C1(F)F)C(F)(F)C1CCCO1. The third-order valence-corrected chi connectivity index (χ3v) is 3.66. The number of ether oxygens (including phenoxy) is 1. The average molecular weight is 367 g/mol. The molecule has 2 atom stereocenters. The molecule has 0 aromatic carbocycles. The normalized spacial score (nSPS) is 33.8. The second kappa shape index (κ2) is 4.83. The highest BCUT2D eigenvalue weighted by molar-refractivity contribution is 5.14. The van der Waals surface area contributed by atoms with Crippen LogP contribution < -0.4 is 0 Å². The molecule has 23 heavy (non-hydrogen) atoms. The molecule has 2 rings (SSSR count). The number of halogens is 11. The Morgan fingerprint density at radius 1 is 0.913 bits per heavy atom. The van der Waals surface area contributed by atoms with Crippen molar-refractivity contribution in [3.05, 3.63) is 0 Å². The van der Waals surface area contributed by atoms with Gasteiger partial charge in [0, 0.05) is 6.61 Å². The van der Waals surface area contributed by atoms with E-state index >= 15 is 0 Å². The molecular weight excluding hydrogens is 359 g/mol. The number of rotatable bonds is 3. The second-order valence-corrected chi connectivity index (χ2v) is 5.11. The van der Waals surface area contributed by atoms with E-state index in [-0.39, 0.29) is 13.0 Å². The van der Waals surface area contributed by atoms with E-state index in [0.29, 0.717) is 0 Å². The van der Waals surface area contributed by atoms with Gasteiger partial charge in [-0.25, -0.2) is 4.39 Å². The molecule has 0 bridgehead atoms. The third-order valence-electron chi connectivity index (χ3n) is 3.66. The lowest BCUT2D eigenvalue weighted by molar-refractivity contribution is -0.339. The van der Waals surface area contributed by atoms with E-state index in [1.54, 1.807) is 0 Å². The van der Waals surface area contributed by atoms with Crippen LogP contribution in [-0.4, -0.2) is 53.8 Å². The molecule has 2 nitrogen and oxygen atoms in total. The van der Waals surface area contributed by atoms with Crippen LogP contribution in [-0.2, 0) is 4.74 Å². The fraction of sp³-hybridized carbons (Fsp3) is 1.00. The molecule has 136 valence electrons. The van der Waals surface area contributed by atoms with Crippen LogP contribution in [0, 0.1) is 0 Å². The molecule has 0 radical (unpaired) electrons. The van der Waals surface area contributed by atoms with Crippen LogP contribution in [0.3, 0.4) is 0 Å². The average Bonchev–Trinajstić information content (AvgIpc) is 2.93. The monoisotopic (exact) mass is 367 g/mol. The van der Waals surface area contributed by atoms with Crippen LogP contribution in [0.5, 0.6) is 0 Å². The molecular formula is C10H8F11NO. The minimum absolute atomic E-state index is 0.105. The van der Waals surface area contributed by atoms with Crippen LogP contribution >= 0.6 is 0 Å². The first-order valence-corrected chi connectivity index (χ1v) is 6.07. The molecule has 0 N–H and O–H groups in total. The predicted octanol–water partition coefficient (Wildman–Crippen LogP) is 3.87. The van der Waals surface area contributed by atoms with Crippen LogP contribution in [0.25, 0.3) is 0 Å². The van der Waals surface area contributed by atoms with Gasteiger partial charge in [0.05, 0.1) is 0 Å². The van der Waals surface area contributed by atoms with Crippen molar-refractivity contribution in [3.8, 4) is 0 Å². The molecule has 0 amide bonds. The summed E-state index contributed by atoms with van der Waals surface area (Å²) < 4.78 is 150. The van der Waals surface area contributed by atoms with E-state index in [9.17, 15) is 48.3 Å². The Morgan fingerprint density at radius 2 is 1.35 bits per heavy atom. The molecule has 2 heterocycles. The van der Waals surface area contributed by atoms with Gasteiger partial charge in [0.15, 0.2) is 0 Å². The van der Waals surface area contributed by atoms with E-state index in [1.165, 1.54) is 0 Å². The highest BCUT2D eigenvalue weighted by Gasteiger charge is 2.95. The van der Waals surface area contributed by atoms with Crippen molar-refractivity contribution in [1.29, 1.82) is 0 Å². The first-order chi connectivity index (χ1) is 10.1. The van der Waals surface area contributed by atoms with Crippen molar-refractivity contribution in [2.45, 2.75) is 55.1 Å². The minimum Gasteiger partial charge on any atom is -0.372 e. The lowest BCUT2D eigenvalue weighted by Gasteiger charge is -2.36. The van der Waals surface area contributed by atoms with E-state index in [0.717, 1.165) is 0 Å². The van der Waals surface area contributed by atoms with Gasteiger partial charge >= 0.3 is 29.9 Å². The Morgan fingerprint density at radius 3 is 1.70 bits per heavy atom. The Balaban J connectivity index is 2.48. The summed E-state index contributed by atoms with van der Waals surface area (Å²) in [5.41, 5.74) is 0. The summed E-state index contributed by atoms with van der Waals surface area (Å²) in [6, 6.07) is -13.1. The smallest absolute Gasteiger partial charge is 0.372 e. The number of hydrogen-bond donors (Lipinski definition) is 0. The van der Waals surface area contributed by atoms with E-state index in [1.807, 2.05) is 0 Å². The maximum absolute atomic E-state index is 13.7. The van der Waals surface area contributed by atoms with Crippen LogP contribution in [0.15, 0.2) is 0 Å². The minimum atomic E-state index is -6.76. The summed E-state index contributed by atoms with van der Waals surface area (Å²) in [5, 5.41) is 0. The van der Waals surface area contributed by atoms with Crippen molar-refractivity contribution in [2.24, 2.45) is 0 Å². The predicted molar refractivity (Wildman–Crippen MR) is 50.4 cm³/mol. The molecule has 2 fully saturated rings. The molecule has 2 aliphatic rings. The highest BCUT2D eigenvalue weighted by Crippen LogP contribution is 2.64. The van der Waals surface area contributed by atoms with Gasteiger partial charge < -0.3 is 4.74 Å². The Hall–Kier alpha value is -0.850. The van der Waals surface area contributed by atoms with Gasteiger partial charge in [0.2, 0.25) is 6.30 Å². The van der Waals surface area contributed by atoms with Crippen LogP contribution in [0.4, 0.5) is 48.3 Å². The van der Waals surface area contributed by atoms with Gasteiger partial charge in [-0.3, -0.25) is 0 Å². The largest absolute Gasteiger partial charge is 0.394 e. The first kappa shape index (κ1) is 18.5. The number of nitrogens with zero attached hydrogens (tertiary/aromatic N) is 1. The lowest BCUT2D eigenvalue weighted by Crippen LogP contribution is -2.61. The quantitative estimate of drug-likeness (QED) is 0.555. The highest BCUT2D eigenvalue weighted by atomic mass is 19.4. The van der Waals surface area contributed by atoms with Crippen LogP contribution in [0.2, 0.25) is 0 Å². The maximum Gasteiger partial charge on any atom is 0.394 e. The zero-order chi connectivity index (χ0) is 18.1. The molecule has 2 saturated heterocycles. The maximum atomic E-state index is 13.7.